The number of ether oxygens (including phenoxy) is 1. The average Bonchev–Trinajstić information content (AvgIpc) is 2.97. The number of aromatic nitrogens is 2. The molecule has 2 heterocycles. The van der Waals surface area contributed by atoms with Crippen LogP contribution in [-0.4, -0.2) is 40.3 Å². The second-order valence-electron chi connectivity index (χ2n) is 5.08. The van der Waals surface area contributed by atoms with Crippen molar-refractivity contribution < 1.29 is 14.2 Å². The molecule has 1 atom stereocenters. The summed E-state index contributed by atoms with van der Waals surface area (Å²) in [4.78, 5) is 13.8. The maximum Gasteiger partial charge on any atom is 0.225 e. The first-order chi connectivity index (χ1) is 8.74. The van der Waals surface area contributed by atoms with Gasteiger partial charge in [0.05, 0.1) is 12.7 Å². The zero-order chi connectivity index (χ0) is 12.5. The van der Waals surface area contributed by atoms with Gasteiger partial charge >= 0.3 is 0 Å². The molecule has 2 aliphatic rings. The average molecular weight is 251 g/mol. The van der Waals surface area contributed by atoms with Gasteiger partial charge in [0.25, 0.3) is 0 Å². The number of likely N-dealkylation sites (tertiary alicyclic amines) is 1. The van der Waals surface area contributed by atoms with Crippen molar-refractivity contribution in [2.45, 2.75) is 38.9 Å². The largest absolute Gasteiger partial charge is 0.370 e. The van der Waals surface area contributed by atoms with Crippen molar-refractivity contribution in [3.63, 3.8) is 0 Å². The van der Waals surface area contributed by atoms with Gasteiger partial charge in [-0.3, -0.25) is 4.79 Å². The molecule has 6 nitrogen and oxygen atoms in total. The second-order valence-corrected chi connectivity index (χ2v) is 5.08. The van der Waals surface area contributed by atoms with Gasteiger partial charge in [0.1, 0.15) is 11.4 Å². The summed E-state index contributed by atoms with van der Waals surface area (Å²) in [7, 11) is 0. The molecule has 98 valence electrons. The number of amides is 1. The smallest absolute Gasteiger partial charge is 0.225 e. The maximum absolute atomic E-state index is 11.9. The van der Waals surface area contributed by atoms with E-state index in [-0.39, 0.29) is 6.10 Å². The maximum atomic E-state index is 11.9. The first-order valence-electron chi connectivity index (χ1n) is 6.42. The van der Waals surface area contributed by atoms with Crippen LogP contribution in [0, 0.1) is 12.8 Å². The molecule has 1 aromatic rings. The van der Waals surface area contributed by atoms with Crippen LogP contribution in [0.4, 0.5) is 0 Å². The Morgan fingerprint density at radius 3 is 2.94 bits per heavy atom. The molecule has 18 heavy (non-hydrogen) atoms. The standard InChI is InChI=1S/C12H17N3O3/c1-8-11(14-18-13-8)7-17-10-4-5-15(6-10)12(16)9-2-3-9/h9-10H,2-7H2,1H3. The van der Waals surface area contributed by atoms with E-state index in [1.54, 1.807) is 0 Å². The van der Waals surface area contributed by atoms with Crippen LogP contribution >= 0.6 is 0 Å². The first kappa shape index (κ1) is 11.6. The van der Waals surface area contributed by atoms with Gasteiger partial charge < -0.3 is 9.64 Å². The Balaban J connectivity index is 1.47. The van der Waals surface area contributed by atoms with Gasteiger partial charge in [-0.15, -0.1) is 0 Å². The van der Waals surface area contributed by atoms with Gasteiger partial charge in [-0.25, -0.2) is 4.63 Å². The van der Waals surface area contributed by atoms with E-state index in [0.717, 1.165) is 37.2 Å². The van der Waals surface area contributed by atoms with Gasteiger partial charge in [-0.2, -0.15) is 0 Å². The van der Waals surface area contributed by atoms with Crippen LogP contribution in [0.2, 0.25) is 0 Å². The van der Waals surface area contributed by atoms with Crippen LogP contribution in [0.1, 0.15) is 30.7 Å². The molecular formula is C12H17N3O3. The highest BCUT2D eigenvalue weighted by molar-refractivity contribution is 5.81. The van der Waals surface area contributed by atoms with E-state index in [2.05, 4.69) is 14.9 Å². The number of aryl methyl sites for hydroxylation is 1. The lowest BCUT2D eigenvalue weighted by atomic mass is 10.3. The number of nitrogens with zero attached hydrogens (tertiary/aromatic N) is 3. The van der Waals surface area contributed by atoms with E-state index >= 15 is 0 Å². The Morgan fingerprint density at radius 2 is 2.28 bits per heavy atom. The van der Waals surface area contributed by atoms with Crippen molar-refractivity contribution in [2.24, 2.45) is 5.92 Å². The highest BCUT2D eigenvalue weighted by Crippen LogP contribution is 2.32. The summed E-state index contributed by atoms with van der Waals surface area (Å²) in [6, 6.07) is 0. The Morgan fingerprint density at radius 1 is 1.44 bits per heavy atom. The van der Waals surface area contributed by atoms with Crippen LogP contribution in [-0.2, 0) is 16.1 Å². The highest BCUT2D eigenvalue weighted by Gasteiger charge is 2.36. The van der Waals surface area contributed by atoms with Crippen LogP contribution in [0.15, 0.2) is 4.63 Å². The molecule has 1 unspecified atom stereocenters. The predicted molar refractivity (Wildman–Crippen MR) is 61.5 cm³/mol. The number of rotatable bonds is 4. The van der Waals surface area contributed by atoms with Crippen LogP contribution < -0.4 is 0 Å². The number of carbonyl (C=O) groups excluding carboxylic acids is 1. The van der Waals surface area contributed by atoms with E-state index in [4.69, 9.17) is 4.74 Å². The second kappa shape index (κ2) is 4.68. The minimum atomic E-state index is 0.115. The minimum absolute atomic E-state index is 0.115. The summed E-state index contributed by atoms with van der Waals surface area (Å²) >= 11 is 0. The fourth-order valence-corrected chi connectivity index (χ4v) is 2.23. The third-order valence-corrected chi connectivity index (χ3v) is 3.59. The minimum Gasteiger partial charge on any atom is -0.370 e. The summed E-state index contributed by atoms with van der Waals surface area (Å²) in [6.07, 6.45) is 3.14. The predicted octanol–water partition coefficient (Wildman–Crippen LogP) is 0.906. The summed E-state index contributed by atoms with van der Waals surface area (Å²) in [5.41, 5.74) is 1.50. The molecule has 1 saturated carbocycles. The summed E-state index contributed by atoms with van der Waals surface area (Å²) < 4.78 is 10.4. The number of carbonyl (C=O) groups is 1. The molecule has 3 rings (SSSR count). The van der Waals surface area contributed by atoms with Crippen molar-refractivity contribution in [1.29, 1.82) is 0 Å². The molecule has 1 aliphatic heterocycles. The lowest BCUT2D eigenvalue weighted by molar-refractivity contribution is -0.132. The van der Waals surface area contributed by atoms with Crippen molar-refractivity contribution in [3.05, 3.63) is 11.4 Å². The van der Waals surface area contributed by atoms with Crippen molar-refractivity contribution >= 4 is 5.91 Å². The van der Waals surface area contributed by atoms with Crippen LogP contribution in [0.5, 0.6) is 0 Å². The van der Waals surface area contributed by atoms with Crippen molar-refractivity contribution in [1.82, 2.24) is 15.2 Å². The summed E-state index contributed by atoms with van der Waals surface area (Å²) in [5, 5.41) is 7.48. The van der Waals surface area contributed by atoms with E-state index in [9.17, 15) is 4.79 Å². The topological polar surface area (TPSA) is 68.5 Å². The van der Waals surface area contributed by atoms with Gasteiger partial charge in [-0.05, 0) is 26.2 Å². The number of hydrogen-bond donors (Lipinski definition) is 0. The van der Waals surface area contributed by atoms with Crippen molar-refractivity contribution in [3.8, 4) is 0 Å². The molecule has 1 amide bonds. The zero-order valence-electron chi connectivity index (χ0n) is 10.5. The fourth-order valence-electron chi connectivity index (χ4n) is 2.23. The summed E-state index contributed by atoms with van der Waals surface area (Å²) in [6.45, 7) is 3.77. The lowest BCUT2D eigenvalue weighted by Crippen LogP contribution is -2.31. The highest BCUT2D eigenvalue weighted by atomic mass is 16.6. The SMILES string of the molecule is Cc1nonc1COC1CCN(C(=O)C2CC2)C1. The van der Waals surface area contributed by atoms with E-state index < -0.39 is 0 Å². The molecule has 0 radical (unpaired) electrons. The zero-order valence-corrected chi connectivity index (χ0v) is 10.5. The van der Waals surface area contributed by atoms with Crippen LogP contribution in [0.25, 0.3) is 0 Å². The monoisotopic (exact) mass is 251 g/mol. The Kier molecular flexibility index (Phi) is 3.03. The Bertz CT molecular complexity index is 442. The molecule has 1 aromatic heterocycles. The molecule has 1 saturated heterocycles. The van der Waals surface area contributed by atoms with E-state index in [1.165, 1.54) is 0 Å². The van der Waals surface area contributed by atoms with Gasteiger partial charge in [0.15, 0.2) is 0 Å². The quantitative estimate of drug-likeness (QED) is 0.795. The normalized spacial score (nSPS) is 23.6. The van der Waals surface area contributed by atoms with E-state index in [1.807, 2.05) is 11.8 Å². The van der Waals surface area contributed by atoms with Gasteiger partial charge in [0.2, 0.25) is 5.91 Å². The molecule has 6 heteroatoms. The van der Waals surface area contributed by atoms with Crippen LogP contribution in [0.3, 0.4) is 0 Å². The molecule has 2 fully saturated rings. The molecule has 0 spiro atoms. The number of hydrogen-bond acceptors (Lipinski definition) is 5. The van der Waals surface area contributed by atoms with Gasteiger partial charge in [-0.1, -0.05) is 10.3 Å². The molecular weight excluding hydrogens is 234 g/mol. The first-order valence-corrected chi connectivity index (χ1v) is 6.42. The Hall–Kier alpha value is -1.43. The fraction of sp³-hybridized carbons (Fsp3) is 0.750. The third kappa shape index (κ3) is 2.38. The molecule has 0 aromatic carbocycles. The molecule has 0 N–H and O–H groups in total. The molecule has 1 aliphatic carbocycles. The summed E-state index contributed by atoms with van der Waals surface area (Å²) in [5.74, 6) is 0.603. The van der Waals surface area contributed by atoms with Crippen molar-refractivity contribution in [2.75, 3.05) is 13.1 Å². The molecule has 0 bridgehead atoms. The van der Waals surface area contributed by atoms with E-state index in [0.29, 0.717) is 25.0 Å². The van der Waals surface area contributed by atoms with Gasteiger partial charge in [0, 0.05) is 19.0 Å². The Labute approximate surface area is 105 Å². The lowest BCUT2D eigenvalue weighted by Gasteiger charge is -2.16. The third-order valence-electron chi connectivity index (χ3n) is 3.59.